The number of aromatic nitrogens is 2. The molecule has 0 saturated heterocycles. The Morgan fingerprint density at radius 1 is 0.800 bits per heavy atom. The maximum Gasteiger partial charge on any atom is 0.196 e. The number of hydrogen-bond donors (Lipinski definition) is 2. The topological polar surface area (TPSA) is 49.8 Å². The van der Waals surface area contributed by atoms with Crippen molar-refractivity contribution in [1.82, 2.24) is 9.97 Å². The van der Waals surface area contributed by atoms with E-state index in [1.54, 1.807) is 13.0 Å². The Bertz CT molecular complexity index is 931. The van der Waals surface area contributed by atoms with Gasteiger partial charge in [0, 0.05) is 11.8 Å². The second-order valence-electron chi connectivity index (χ2n) is 5.17. The fourth-order valence-corrected chi connectivity index (χ4v) is 2.17. The van der Waals surface area contributed by atoms with Crippen molar-refractivity contribution in [3.63, 3.8) is 0 Å². The van der Waals surface area contributed by atoms with E-state index >= 15 is 0 Å². The monoisotopic (exact) mass is 348 g/mol. The first kappa shape index (κ1) is 16.7. The molecule has 25 heavy (non-hydrogen) atoms. The van der Waals surface area contributed by atoms with Crippen molar-refractivity contribution in [2.24, 2.45) is 0 Å². The number of rotatable bonds is 4. The smallest absolute Gasteiger partial charge is 0.196 e. The highest BCUT2D eigenvalue weighted by atomic mass is 19.2. The van der Waals surface area contributed by atoms with Gasteiger partial charge in [0.2, 0.25) is 0 Å². The number of benzene rings is 2. The normalized spacial score (nSPS) is 10.6. The molecule has 3 rings (SSSR count). The van der Waals surface area contributed by atoms with Crippen LogP contribution in [0.5, 0.6) is 0 Å². The zero-order valence-corrected chi connectivity index (χ0v) is 12.9. The summed E-state index contributed by atoms with van der Waals surface area (Å²) in [5.74, 6) is -3.80. The Morgan fingerprint density at radius 2 is 1.52 bits per heavy atom. The summed E-state index contributed by atoms with van der Waals surface area (Å²) in [6.45, 7) is 1.60. The molecule has 0 spiro atoms. The van der Waals surface area contributed by atoms with Crippen molar-refractivity contribution in [2.45, 2.75) is 6.92 Å². The number of nitrogens with one attached hydrogen (secondary N) is 2. The molecule has 2 N–H and O–H groups in total. The molecule has 0 unspecified atom stereocenters. The second-order valence-corrected chi connectivity index (χ2v) is 5.17. The number of nitrogens with zero attached hydrogens (tertiary/aromatic N) is 2. The third kappa shape index (κ3) is 3.85. The molecule has 0 amide bonds. The Kier molecular flexibility index (Phi) is 4.51. The van der Waals surface area contributed by atoms with Gasteiger partial charge in [-0.1, -0.05) is 6.07 Å². The molecule has 0 aliphatic heterocycles. The molecule has 128 valence electrons. The molecule has 1 aromatic heterocycles. The molecule has 0 saturated carbocycles. The van der Waals surface area contributed by atoms with Crippen LogP contribution in [0.25, 0.3) is 0 Å². The van der Waals surface area contributed by atoms with E-state index in [9.17, 15) is 17.6 Å². The fourth-order valence-electron chi connectivity index (χ4n) is 2.17. The molecule has 0 aliphatic rings. The lowest BCUT2D eigenvalue weighted by molar-refractivity contribution is 0.449. The number of anilines is 4. The zero-order valence-electron chi connectivity index (χ0n) is 12.9. The van der Waals surface area contributed by atoms with Crippen LogP contribution < -0.4 is 10.6 Å². The van der Waals surface area contributed by atoms with Crippen LogP contribution in [-0.4, -0.2) is 9.97 Å². The van der Waals surface area contributed by atoms with Crippen molar-refractivity contribution in [1.29, 1.82) is 0 Å². The van der Waals surface area contributed by atoms with Crippen LogP contribution in [0.4, 0.5) is 40.6 Å². The van der Waals surface area contributed by atoms with Crippen LogP contribution >= 0.6 is 0 Å². The van der Waals surface area contributed by atoms with Crippen molar-refractivity contribution in [2.75, 3.05) is 10.6 Å². The standard InChI is InChI=1S/C17H12F4N4/c1-9-22-14(24-11-4-2-3-10(18)7-11)8-15(23-9)25-13-6-5-12(19)16(20)17(13)21/h2-8H,1H3,(H2,22,23,24,25). The summed E-state index contributed by atoms with van der Waals surface area (Å²) in [5.41, 5.74) is 0.191. The summed E-state index contributed by atoms with van der Waals surface area (Å²) >= 11 is 0. The SMILES string of the molecule is Cc1nc(Nc2cccc(F)c2)cc(Nc2ccc(F)c(F)c2F)n1. The van der Waals surface area contributed by atoms with E-state index in [0.29, 0.717) is 17.3 Å². The zero-order chi connectivity index (χ0) is 18.0. The van der Waals surface area contributed by atoms with E-state index in [0.717, 1.165) is 12.1 Å². The summed E-state index contributed by atoms with van der Waals surface area (Å²) in [6, 6.07) is 9.04. The second kappa shape index (κ2) is 6.76. The van der Waals surface area contributed by atoms with Crippen LogP contribution in [0.3, 0.4) is 0 Å². The van der Waals surface area contributed by atoms with E-state index in [1.165, 1.54) is 24.3 Å². The van der Waals surface area contributed by atoms with Gasteiger partial charge < -0.3 is 10.6 Å². The Hall–Kier alpha value is -3.16. The van der Waals surface area contributed by atoms with Crippen molar-refractivity contribution < 1.29 is 17.6 Å². The van der Waals surface area contributed by atoms with Crippen LogP contribution in [0.15, 0.2) is 42.5 Å². The van der Waals surface area contributed by atoms with Gasteiger partial charge in [0.25, 0.3) is 0 Å². The van der Waals surface area contributed by atoms with Gasteiger partial charge >= 0.3 is 0 Å². The molecule has 0 fully saturated rings. The van der Waals surface area contributed by atoms with Gasteiger partial charge in [0.05, 0.1) is 5.69 Å². The van der Waals surface area contributed by atoms with Crippen LogP contribution in [0, 0.1) is 30.2 Å². The summed E-state index contributed by atoms with van der Waals surface area (Å²) in [6.07, 6.45) is 0. The molecule has 2 aromatic carbocycles. The van der Waals surface area contributed by atoms with Crippen LogP contribution in [0.2, 0.25) is 0 Å². The third-order valence-electron chi connectivity index (χ3n) is 3.23. The molecule has 1 heterocycles. The molecule has 3 aromatic rings. The average molecular weight is 348 g/mol. The lowest BCUT2D eigenvalue weighted by Gasteiger charge is -2.11. The third-order valence-corrected chi connectivity index (χ3v) is 3.23. The summed E-state index contributed by atoms with van der Waals surface area (Å²) in [4.78, 5) is 8.20. The molecule has 4 nitrogen and oxygen atoms in total. The predicted octanol–water partition coefficient (Wildman–Crippen LogP) is 4.83. The molecule has 0 bridgehead atoms. The highest BCUT2D eigenvalue weighted by Gasteiger charge is 2.14. The van der Waals surface area contributed by atoms with E-state index in [-0.39, 0.29) is 11.5 Å². The summed E-state index contributed by atoms with van der Waals surface area (Å²) < 4.78 is 53.3. The van der Waals surface area contributed by atoms with E-state index < -0.39 is 23.3 Å². The summed E-state index contributed by atoms with van der Waals surface area (Å²) in [5, 5.41) is 5.46. The highest BCUT2D eigenvalue weighted by Crippen LogP contribution is 2.24. The van der Waals surface area contributed by atoms with Crippen molar-refractivity contribution in [3.8, 4) is 0 Å². The van der Waals surface area contributed by atoms with E-state index in [1.807, 2.05) is 0 Å². The molecule has 0 aliphatic carbocycles. The molecule has 0 atom stereocenters. The molecule has 0 radical (unpaired) electrons. The fraction of sp³-hybridized carbons (Fsp3) is 0.0588. The number of halogens is 4. The first-order chi connectivity index (χ1) is 11.9. The molecule has 8 heteroatoms. The van der Waals surface area contributed by atoms with Crippen LogP contribution in [-0.2, 0) is 0 Å². The van der Waals surface area contributed by atoms with Gasteiger partial charge in [-0.15, -0.1) is 0 Å². The Balaban J connectivity index is 1.88. The maximum atomic E-state index is 13.8. The largest absolute Gasteiger partial charge is 0.340 e. The van der Waals surface area contributed by atoms with E-state index in [2.05, 4.69) is 20.6 Å². The lowest BCUT2D eigenvalue weighted by atomic mass is 10.2. The van der Waals surface area contributed by atoms with Gasteiger partial charge in [-0.25, -0.2) is 27.5 Å². The van der Waals surface area contributed by atoms with Gasteiger partial charge in [0.15, 0.2) is 17.5 Å². The number of hydrogen-bond acceptors (Lipinski definition) is 4. The minimum atomic E-state index is -1.58. The lowest BCUT2D eigenvalue weighted by Crippen LogP contribution is -2.04. The first-order valence-electron chi connectivity index (χ1n) is 7.21. The van der Waals surface area contributed by atoms with Gasteiger partial charge in [-0.3, -0.25) is 0 Å². The highest BCUT2D eigenvalue weighted by molar-refractivity contribution is 5.63. The summed E-state index contributed by atoms with van der Waals surface area (Å²) in [7, 11) is 0. The minimum Gasteiger partial charge on any atom is -0.340 e. The maximum absolute atomic E-state index is 13.8. The quantitative estimate of drug-likeness (QED) is 0.524. The first-order valence-corrected chi connectivity index (χ1v) is 7.21. The van der Waals surface area contributed by atoms with Crippen molar-refractivity contribution in [3.05, 3.63) is 71.6 Å². The Morgan fingerprint density at radius 3 is 2.24 bits per heavy atom. The predicted molar refractivity (Wildman–Crippen MR) is 86.1 cm³/mol. The van der Waals surface area contributed by atoms with Crippen LogP contribution in [0.1, 0.15) is 5.82 Å². The molecular weight excluding hydrogens is 336 g/mol. The average Bonchev–Trinajstić information content (AvgIpc) is 2.55. The van der Waals surface area contributed by atoms with Gasteiger partial charge in [0.1, 0.15) is 23.3 Å². The Labute approximate surface area is 140 Å². The van der Waals surface area contributed by atoms with Gasteiger partial charge in [-0.2, -0.15) is 0 Å². The van der Waals surface area contributed by atoms with Crippen molar-refractivity contribution >= 4 is 23.0 Å². The van der Waals surface area contributed by atoms with E-state index in [4.69, 9.17) is 0 Å². The minimum absolute atomic E-state index is 0.163. The van der Waals surface area contributed by atoms with Gasteiger partial charge in [-0.05, 0) is 37.3 Å². The molecular formula is C17H12F4N4. The number of aryl methyl sites for hydroxylation is 1.